The van der Waals surface area contributed by atoms with E-state index in [1.165, 1.54) is 17.4 Å². The van der Waals surface area contributed by atoms with E-state index >= 15 is 0 Å². The number of benzene rings is 2. The molecular weight excluding hydrogens is 300 g/mol. The van der Waals surface area contributed by atoms with Crippen LogP contribution in [0, 0.1) is 13.8 Å². The van der Waals surface area contributed by atoms with Gasteiger partial charge in [-0.1, -0.05) is 31.2 Å². The fourth-order valence-electron chi connectivity index (χ4n) is 2.52. The Hall–Kier alpha value is -2.62. The summed E-state index contributed by atoms with van der Waals surface area (Å²) in [7, 11) is 0. The second-order valence-electron chi connectivity index (χ2n) is 5.92. The molecule has 2 aromatic carbocycles. The first kappa shape index (κ1) is 17.7. The zero-order chi connectivity index (χ0) is 17.7. The molecule has 0 spiro atoms. The number of anilines is 2. The van der Waals surface area contributed by atoms with E-state index in [2.05, 4.69) is 12.2 Å². The van der Waals surface area contributed by atoms with E-state index in [0.717, 1.165) is 28.9 Å². The standard InChI is InChI=1S/C20H24N2O2/c1-5-17-9-11-18(12-10-17)22(16(4)23)13-20(24)21-19-8-6-7-14(2)15(19)3/h6-12H,5,13H2,1-4H3,(H,21,24). The first-order valence-corrected chi connectivity index (χ1v) is 8.15. The maximum atomic E-state index is 12.4. The normalized spacial score (nSPS) is 10.3. The Kier molecular flexibility index (Phi) is 5.74. The first-order chi connectivity index (χ1) is 11.4. The van der Waals surface area contributed by atoms with Gasteiger partial charge >= 0.3 is 0 Å². The summed E-state index contributed by atoms with van der Waals surface area (Å²) in [5, 5.41) is 2.90. The summed E-state index contributed by atoms with van der Waals surface area (Å²) < 4.78 is 0. The highest BCUT2D eigenvalue weighted by atomic mass is 16.2. The smallest absolute Gasteiger partial charge is 0.244 e. The average molecular weight is 324 g/mol. The molecule has 0 fully saturated rings. The van der Waals surface area contributed by atoms with Gasteiger partial charge in [0.1, 0.15) is 6.54 Å². The Balaban J connectivity index is 2.13. The Labute approximate surface area is 143 Å². The minimum absolute atomic E-state index is 0.00577. The third kappa shape index (κ3) is 4.22. The van der Waals surface area contributed by atoms with Crippen molar-refractivity contribution >= 4 is 23.2 Å². The molecule has 4 heteroatoms. The van der Waals surface area contributed by atoms with Gasteiger partial charge in [0, 0.05) is 18.3 Å². The van der Waals surface area contributed by atoms with E-state index in [-0.39, 0.29) is 18.4 Å². The third-order valence-electron chi connectivity index (χ3n) is 4.22. The molecule has 0 aromatic heterocycles. The third-order valence-corrected chi connectivity index (χ3v) is 4.22. The van der Waals surface area contributed by atoms with Crippen LogP contribution in [0.5, 0.6) is 0 Å². The lowest BCUT2D eigenvalue weighted by Gasteiger charge is -2.21. The number of nitrogens with one attached hydrogen (secondary N) is 1. The van der Waals surface area contributed by atoms with E-state index in [1.54, 1.807) is 0 Å². The predicted molar refractivity (Wildman–Crippen MR) is 98.4 cm³/mol. The van der Waals surface area contributed by atoms with E-state index < -0.39 is 0 Å². The van der Waals surface area contributed by atoms with Gasteiger partial charge in [0.05, 0.1) is 0 Å². The van der Waals surface area contributed by atoms with Crippen molar-refractivity contribution in [3.63, 3.8) is 0 Å². The topological polar surface area (TPSA) is 49.4 Å². The summed E-state index contributed by atoms with van der Waals surface area (Å²) in [5.41, 5.74) is 4.86. The van der Waals surface area contributed by atoms with Crippen LogP contribution in [0.15, 0.2) is 42.5 Å². The fourth-order valence-corrected chi connectivity index (χ4v) is 2.52. The second kappa shape index (κ2) is 7.77. The Bertz CT molecular complexity index is 736. The minimum Gasteiger partial charge on any atom is -0.324 e. The maximum Gasteiger partial charge on any atom is 0.244 e. The molecular formula is C20H24N2O2. The van der Waals surface area contributed by atoms with Gasteiger partial charge < -0.3 is 10.2 Å². The van der Waals surface area contributed by atoms with Crippen molar-refractivity contribution < 1.29 is 9.59 Å². The molecule has 0 aliphatic heterocycles. The number of amides is 2. The second-order valence-corrected chi connectivity index (χ2v) is 5.92. The highest BCUT2D eigenvalue weighted by Gasteiger charge is 2.16. The molecule has 2 aromatic rings. The monoisotopic (exact) mass is 324 g/mol. The van der Waals surface area contributed by atoms with Crippen LogP contribution in [0.3, 0.4) is 0 Å². The number of hydrogen-bond donors (Lipinski definition) is 1. The molecule has 0 atom stereocenters. The lowest BCUT2D eigenvalue weighted by atomic mass is 10.1. The van der Waals surface area contributed by atoms with E-state index in [9.17, 15) is 9.59 Å². The molecule has 126 valence electrons. The Morgan fingerprint density at radius 3 is 2.29 bits per heavy atom. The summed E-state index contributed by atoms with van der Waals surface area (Å²) in [6.45, 7) is 7.52. The van der Waals surface area contributed by atoms with Crippen molar-refractivity contribution in [1.82, 2.24) is 0 Å². The van der Waals surface area contributed by atoms with Gasteiger partial charge in [0.15, 0.2) is 0 Å². The van der Waals surface area contributed by atoms with Gasteiger partial charge in [-0.3, -0.25) is 9.59 Å². The van der Waals surface area contributed by atoms with Crippen LogP contribution in [-0.4, -0.2) is 18.4 Å². The number of carbonyl (C=O) groups excluding carboxylic acids is 2. The van der Waals surface area contributed by atoms with Gasteiger partial charge in [-0.15, -0.1) is 0 Å². The molecule has 24 heavy (non-hydrogen) atoms. The summed E-state index contributed by atoms with van der Waals surface area (Å²) in [4.78, 5) is 25.8. The molecule has 0 radical (unpaired) electrons. The van der Waals surface area contributed by atoms with Crippen LogP contribution in [0.1, 0.15) is 30.5 Å². The number of nitrogens with zero attached hydrogens (tertiary/aromatic N) is 1. The molecule has 2 rings (SSSR count). The van der Waals surface area contributed by atoms with Crippen LogP contribution in [0.25, 0.3) is 0 Å². The van der Waals surface area contributed by atoms with Crippen molar-refractivity contribution in [2.75, 3.05) is 16.8 Å². The maximum absolute atomic E-state index is 12.4. The van der Waals surface area contributed by atoms with Crippen LogP contribution in [-0.2, 0) is 16.0 Å². The zero-order valence-corrected chi connectivity index (χ0v) is 14.7. The molecule has 0 saturated heterocycles. The lowest BCUT2D eigenvalue weighted by molar-refractivity contribution is -0.120. The SMILES string of the molecule is CCc1ccc(N(CC(=O)Nc2cccc(C)c2C)C(C)=O)cc1. The lowest BCUT2D eigenvalue weighted by Crippen LogP contribution is -2.36. The van der Waals surface area contributed by atoms with E-state index in [1.807, 2.05) is 56.3 Å². The molecule has 0 aliphatic rings. The van der Waals surface area contributed by atoms with Crippen molar-refractivity contribution in [2.24, 2.45) is 0 Å². The first-order valence-electron chi connectivity index (χ1n) is 8.15. The van der Waals surface area contributed by atoms with Gasteiger partial charge in [-0.05, 0) is 55.2 Å². The van der Waals surface area contributed by atoms with Crippen LogP contribution >= 0.6 is 0 Å². The summed E-state index contributed by atoms with van der Waals surface area (Å²) in [6, 6.07) is 13.5. The Morgan fingerprint density at radius 1 is 1.04 bits per heavy atom. The van der Waals surface area contributed by atoms with Crippen LogP contribution in [0.2, 0.25) is 0 Å². The van der Waals surface area contributed by atoms with Crippen LogP contribution in [0.4, 0.5) is 11.4 Å². The predicted octanol–water partition coefficient (Wildman–Crippen LogP) is 3.86. The molecule has 0 heterocycles. The Morgan fingerprint density at radius 2 is 1.71 bits per heavy atom. The molecule has 4 nitrogen and oxygen atoms in total. The van der Waals surface area contributed by atoms with Gasteiger partial charge in [-0.25, -0.2) is 0 Å². The largest absolute Gasteiger partial charge is 0.324 e. The number of hydrogen-bond acceptors (Lipinski definition) is 2. The minimum atomic E-state index is -0.210. The number of aryl methyl sites for hydroxylation is 2. The molecule has 0 bridgehead atoms. The van der Waals surface area contributed by atoms with Gasteiger partial charge in [0.25, 0.3) is 0 Å². The molecule has 0 aliphatic carbocycles. The summed E-state index contributed by atoms with van der Waals surface area (Å²) in [5.74, 6) is -0.367. The highest BCUT2D eigenvalue weighted by Crippen LogP contribution is 2.19. The van der Waals surface area contributed by atoms with Gasteiger partial charge in [-0.2, -0.15) is 0 Å². The molecule has 0 saturated carbocycles. The quantitative estimate of drug-likeness (QED) is 0.908. The zero-order valence-electron chi connectivity index (χ0n) is 14.7. The summed E-state index contributed by atoms with van der Waals surface area (Å²) in [6.07, 6.45) is 0.938. The molecule has 1 N–H and O–H groups in total. The van der Waals surface area contributed by atoms with E-state index in [0.29, 0.717) is 0 Å². The molecule has 0 unspecified atom stereocenters. The van der Waals surface area contributed by atoms with Gasteiger partial charge in [0.2, 0.25) is 11.8 Å². The number of carbonyl (C=O) groups is 2. The highest BCUT2D eigenvalue weighted by molar-refractivity contribution is 6.02. The molecule has 2 amide bonds. The fraction of sp³-hybridized carbons (Fsp3) is 0.300. The van der Waals surface area contributed by atoms with Crippen molar-refractivity contribution in [2.45, 2.75) is 34.1 Å². The van der Waals surface area contributed by atoms with Crippen LogP contribution < -0.4 is 10.2 Å². The van der Waals surface area contributed by atoms with E-state index in [4.69, 9.17) is 0 Å². The van der Waals surface area contributed by atoms with Crippen molar-refractivity contribution in [1.29, 1.82) is 0 Å². The number of rotatable bonds is 5. The average Bonchev–Trinajstić information content (AvgIpc) is 2.57. The van der Waals surface area contributed by atoms with Crippen molar-refractivity contribution in [3.05, 3.63) is 59.2 Å². The summed E-state index contributed by atoms with van der Waals surface area (Å²) >= 11 is 0. The van der Waals surface area contributed by atoms with Crippen molar-refractivity contribution in [3.8, 4) is 0 Å².